The third kappa shape index (κ3) is 8.94. The van der Waals surface area contributed by atoms with Crippen molar-refractivity contribution in [3.8, 4) is 0 Å². The molecule has 1 atom stereocenters. The molecule has 35 valence electrons. The van der Waals surface area contributed by atoms with E-state index in [0.717, 1.165) is 6.42 Å². The van der Waals surface area contributed by atoms with Crippen molar-refractivity contribution in [1.82, 2.24) is 0 Å². The van der Waals surface area contributed by atoms with Crippen molar-refractivity contribution in [1.29, 1.82) is 0 Å². The predicted octanol–water partition coefficient (Wildman–Crippen LogP) is 0.777. The maximum Gasteiger partial charge on any atom is 0.0509 e. The predicted molar refractivity (Wildman–Crippen MR) is 22.0 cm³/mol. The molecule has 0 aliphatic rings. The first kappa shape index (κ1) is 10.2. The number of hydrogen-bond donors (Lipinski definition) is 1. The van der Waals surface area contributed by atoms with Gasteiger partial charge in [-0.05, 0) is 13.3 Å². The first-order valence-electron chi connectivity index (χ1n) is 1.95. The van der Waals surface area contributed by atoms with Gasteiger partial charge in [-0.3, -0.25) is 0 Å². The van der Waals surface area contributed by atoms with E-state index in [1.807, 2.05) is 6.92 Å². The molecule has 1 nitrogen and oxygen atoms in total. The molecule has 1 N–H and O–H groups in total. The van der Waals surface area contributed by atoms with Crippen LogP contribution >= 0.6 is 0 Å². The average molecular weight is 213 g/mol. The van der Waals surface area contributed by atoms with Crippen LogP contribution in [0.5, 0.6) is 0 Å². The Labute approximate surface area is 66.7 Å². The fraction of sp³-hybridized carbons (Fsp3) is 1.00. The van der Waals surface area contributed by atoms with Gasteiger partial charge < -0.3 is 5.11 Å². The van der Waals surface area contributed by atoms with Gasteiger partial charge in [0.2, 0.25) is 0 Å². The standard InChI is InChI=1S/C4H10O.La/c1-3-4(2)5;/h4-5H,3H2,1-2H3;. The van der Waals surface area contributed by atoms with Crippen LogP contribution in [0.4, 0.5) is 0 Å². The number of hydrogen-bond acceptors (Lipinski definition) is 1. The van der Waals surface area contributed by atoms with Crippen LogP contribution in [0.25, 0.3) is 0 Å². The van der Waals surface area contributed by atoms with Crippen molar-refractivity contribution >= 4 is 0 Å². The summed E-state index contributed by atoms with van der Waals surface area (Å²) >= 11 is 0. The van der Waals surface area contributed by atoms with E-state index in [0.29, 0.717) is 0 Å². The van der Waals surface area contributed by atoms with Gasteiger partial charge in [0.25, 0.3) is 0 Å². The van der Waals surface area contributed by atoms with Crippen molar-refractivity contribution in [2.45, 2.75) is 26.4 Å². The van der Waals surface area contributed by atoms with Gasteiger partial charge in [-0.2, -0.15) is 0 Å². The zero-order valence-corrected chi connectivity index (χ0v) is 7.93. The Morgan fingerprint density at radius 2 is 1.83 bits per heavy atom. The van der Waals surface area contributed by atoms with Crippen molar-refractivity contribution in [2.24, 2.45) is 0 Å². The molecular weight excluding hydrogens is 203 g/mol. The largest absolute Gasteiger partial charge is 0.393 e. The second-order valence-corrected chi connectivity index (χ2v) is 1.26. The van der Waals surface area contributed by atoms with Gasteiger partial charge in [0.15, 0.2) is 0 Å². The summed E-state index contributed by atoms with van der Waals surface area (Å²) in [5.41, 5.74) is 0. The fourth-order valence-corrected chi connectivity index (χ4v) is 0. The topological polar surface area (TPSA) is 20.2 Å². The van der Waals surface area contributed by atoms with Gasteiger partial charge in [-0.15, -0.1) is 0 Å². The molecular formula is C4H10LaO. The summed E-state index contributed by atoms with van der Waals surface area (Å²) in [7, 11) is 0. The third-order valence-corrected chi connectivity index (χ3v) is 0.591. The van der Waals surface area contributed by atoms with Gasteiger partial charge in [-0.25, -0.2) is 0 Å². The van der Waals surface area contributed by atoms with Crippen LogP contribution < -0.4 is 0 Å². The van der Waals surface area contributed by atoms with E-state index in [2.05, 4.69) is 0 Å². The summed E-state index contributed by atoms with van der Waals surface area (Å²) in [6.07, 6.45) is 0.745. The normalized spacial score (nSPS) is 12.5. The Morgan fingerprint density at radius 3 is 1.83 bits per heavy atom. The van der Waals surface area contributed by atoms with Gasteiger partial charge in [0.1, 0.15) is 0 Å². The molecule has 0 aliphatic carbocycles. The molecule has 0 spiro atoms. The summed E-state index contributed by atoms with van der Waals surface area (Å²) < 4.78 is 0. The zero-order valence-electron chi connectivity index (χ0n) is 4.31. The smallest absolute Gasteiger partial charge is 0.0509 e. The molecule has 1 radical (unpaired) electrons. The number of rotatable bonds is 1. The summed E-state index contributed by atoms with van der Waals surface area (Å²) in [4.78, 5) is 0. The maximum absolute atomic E-state index is 8.36. The SMILES string of the molecule is CCC(C)O.[La]. The van der Waals surface area contributed by atoms with E-state index in [1.54, 1.807) is 6.92 Å². The van der Waals surface area contributed by atoms with E-state index in [-0.39, 0.29) is 41.7 Å². The van der Waals surface area contributed by atoms with Gasteiger partial charge in [0, 0.05) is 35.6 Å². The quantitative estimate of drug-likeness (QED) is 0.682. The van der Waals surface area contributed by atoms with Gasteiger partial charge in [0.05, 0.1) is 6.10 Å². The Balaban J connectivity index is 0. The maximum atomic E-state index is 8.36. The van der Waals surface area contributed by atoms with Crippen LogP contribution in [0.2, 0.25) is 0 Å². The number of aliphatic hydroxyl groups is 1. The van der Waals surface area contributed by atoms with E-state index < -0.39 is 0 Å². The molecule has 0 heterocycles. The summed E-state index contributed by atoms with van der Waals surface area (Å²) in [5, 5.41) is 8.36. The molecule has 0 aromatic rings. The van der Waals surface area contributed by atoms with Crippen LogP contribution in [0.1, 0.15) is 20.3 Å². The molecule has 0 amide bonds. The van der Waals surface area contributed by atoms with Gasteiger partial charge >= 0.3 is 0 Å². The first-order valence-corrected chi connectivity index (χ1v) is 1.95. The molecule has 2 heteroatoms. The van der Waals surface area contributed by atoms with Crippen molar-refractivity contribution < 1.29 is 40.7 Å². The van der Waals surface area contributed by atoms with Crippen molar-refractivity contribution in [2.75, 3.05) is 0 Å². The molecule has 0 aromatic heterocycles. The Morgan fingerprint density at radius 1 is 1.67 bits per heavy atom. The van der Waals surface area contributed by atoms with Crippen LogP contribution in [0.15, 0.2) is 0 Å². The Hall–Kier alpha value is 1.15. The molecule has 0 aliphatic heterocycles. The molecule has 0 fully saturated rings. The van der Waals surface area contributed by atoms with E-state index in [1.165, 1.54) is 0 Å². The van der Waals surface area contributed by atoms with Gasteiger partial charge in [-0.1, -0.05) is 6.92 Å². The van der Waals surface area contributed by atoms with Crippen LogP contribution in [0, 0.1) is 35.6 Å². The van der Waals surface area contributed by atoms with Crippen LogP contribution in [0.3, 0.4) is 0 Å². The first-order chi connectivity index (χ1) is 2.27. The molecule has 1 unspecified atom stereocenters. The second kappa shape index (κ2) is 6.15. The average Bonchev–Trinajstić information content (AvgIpc) is 1.38. The molecule has 0 bridgehead atoms. The number of aliphatic hydroxyl groups excluding tert-OH is 1. The van der Waals surface area contributed by atoms with Crippen molar-refractivity contribution in [3.63, 3.8) is 0 Å². The summed E-state index contributed by atoms with van der Waals surface area (Å²) in [6, 6.07) is 0. The zero-order chi connectivity index (χ0) is 4.28. The Bertz CT molecular complexity index is 21.5. The molecule has 0 aromatic carbocycles. The summed E-state index contributed by atoms with van der Waals surface area (Å²) in [6.45, 7) is 3.73. The van der Waals surface area contributed by atoms with Crippen LogP contribution in [-0.4, -0.2) is 11.2 Å². The summed E-state index contributed by atoms with van der Waals surface area (Å²) in [5.74, 6) is 0. The van der Waals surface area contributed by atoms with E-state index in [4.69, 9.17) is 5.11 Å². The second-order valence-electron chi connectivity index (χ2n) is 1.26. The monoisotopic (exact) mass is 213 g/mol. The molecule has 0 rings (SSSR count). The minimum absolute atomic E-state index is 0. The minimum atomic E-state index is -0.116. The molecule has 6 heavy (non-hydrogen) atoms. The van der Waals surface area contributed by atoms with E-state index >= 15 is 0 Å². The van der Waals surface area contributed by atoms with Crippen molar-refractivity contribution in [3.05, 3.63) is 0 Å². The Kier molecular flexibility index (Phi) is 10.5. The molecule has 0 saturated carbocycles. The van der Waals surface area contributed by atoms with E-state index in [9.17, 15) is 0 Å². The molecule has 0 saturated heterocycles. The minimum Gasteiger partial charge on any atom is -0.393 e. The van der Waals surface area contributed by atoms with Crippen LogP contribution in [-0.2, 0) is 0 Å². The fourth-order valence-electron chi connectivity index (χ4n) is 0. The third-order valence-electron chi connectivity index (χ3n) is 0.591.